The summed E-state index contributed by atoms with van der Waals surface area (Å²) >= 11 is 0. The highest BCUT2D eigenvalue weighted by Gasteiger charge is 2.42. The summed E-state index contributed by atoms with van der Waals surface area (Å²) in [7, 11) is 0. The molecule has 1 aliphatic rings. The Morgan fingerprint density at radius 3 is 2.24 bits per heavy atom. The van der Waals surface area contributed by atoms with Gasteiger partial charge >= 0.3 is 0 Å². The van der Waals surface area contributed by atoms with Crippen molar-refractivity contribution in [1.82, 2.24) is 10.2 Å². The zero-order valence-electron chi connectivity index (χ0n) is 12.2. The molecule has 1 amide bonds. The molecule has 0 bridgehead atoms. The second-order valence-electron chi connectivity index (χ2n) is 5.69. The molecule has 0 aromatic rings. The molecule has 0 radical (unpaired) electrons. The average Bonchev–Trinajstić information content (AvgIpc) is 2.64. The highest BCUT2D eigenvalue weighted by atomic mass is 16.2. The van der Waals surface area contributed by atoms with Crippen molar-refractivity contribution in [2.24, 2.45) is 11.8 Å². The number of nitrogens with zero attached hydrogens (tertiary/aromatic N) is 1. The number of hydrogen-bond donors (Lipinski definition) is 1. The molecule has 1 N–H and O–H groups in total. The van der Waals surface area contributed by atoms with Crippen LogP contribution in [0.25, 0.3) is 0 Å². The molecule has 4 unspecified atom stereocenters. The van der Waals surface area contributed by atoms with Gasteiger partial charge in [-0.2, -0.15) is 0 Å². The summed E-state index contributed by atoms with van der Waals surface area (Å²) in [5.41, 5.74) is 0. The van der Waals surface area contributed by atoms with Gasteiger partial charge in [-0.15, -0.1) is 0 Å². The van der Waals surface area contributed by atoms with Crippen LogP contribution in [-0.2, 0) is 4.79 Å². The first kappa shape index (κ1) is 14.5. The van der Waals surface area contributed by atoms with E-state index in [1.165, 1.54) is 0 Å². The van der Waals surface area contributed by atoms with E-state index in [-0.39, 0.29) is 12.2 Å². The number of nitrogens with one attached hydrogen (secondary N) is 1. The van der Waals surface area contributed by atoms with Crippen molar-refractivity contribution in [1.29, 1.82) is 0 Å². The lowest BCUT2D eigenvalue weighted by atomic mass is 9.97. The molecule has 4 atom stereocenters. The minimum Gasteiger partial charge on any atom is -0.323 e. The lowest BCUT2D eigenvalue weighted by Gasteiger charge is -2.35. The highest BCUT2D eigenvalue weighted by molar-refractivity contribution is 5.84. The number of amides is 1. The molecule has 1 fully saturated rings. The van der Waals surface area contributed by atoms with Gasteiger partial charge in [0.25, 0.3) is 0 Å². The molecule has 0 spiro atoms. The molecular formula is C14H28N2O. The summed E-state index contributed by atoms with van der Waals surface area (Å²) in [6, 6.07) is 0.345. The van der Waals surface area contributed by atoms with Gasteiger partial charge in [0.05, 0.1) is 12.2 Å². The number of carbonyl (C=O) groups excluding carboxylic acids is 1. The molecule has 1 heterocycles. The second-order valence-corrected chi connectivity index (χ2v) is 5.69. The Morgan fingerprint density at radius 2 is 1.82 bits per heavy atom. The molecule has 1 saturated heterocycles. The van der Waals surface area contributed by atoms with Gasteiger partial charge in [-0.25, -0.2) is 0 Å². The zero-order chi connectivity index (χ0) is 13.2. The van der Waals surface area contributed by atoms with Gasteiger partial charge in [0.15, 0.2) is 0 Å². The van der Waals surface area contributed by atoms with Crippen LogP contribution in [0.4, 0.5) is 0 Å². The summed E-state index contributed by atoms with van der Waals surface area (Å²) in [5.74, 6) is 1.30. The maximum Gasteiger partial charge on any atom is 0.241 e. The largest absolute Gasteiger partial charge is 0.323 e. The summed E-state index contributed by atoms with van der Waals surface area (Å²) < 4.78 is 0. The lowest BCUT2D eigenvalue weighted by Crippen LogP contribution is -2.48. The summed E-state index contributed by atoms with van der Waals surface area (Å²) in [6.07, 6.45) is 2.20. The van der Waals surface area contributed by atoms with Crippen molar-refractivity contribution < 1.29 is 4.79 Å². The van der Waals surface area contributed by atoms with Gasteiger partial charge in [0, 0.05) is 6.04 Å². The van der Waals surface area contributed by atoms with Crippen LogP contribution in [0, 0.1) is 11.8 Å². The smallest absolute Gasteiger partial charge is 0.241 e. The van der Waals surface area contributed by atoms with Gasteiger partial charge < -0.3 is 4.90 Å². The molecule has 17 heavy (non-hydrogen) atoms. The molecule has 1 rings (SSSR count). The number of hydrogen-bond acceptors (Lipinski definition) is 2. The Balaban J connectivity index is 2.88. The van der Waals surface area contributed by atoms with E-state index in [1.54, 1.807) is 0 Å². The van der Waals surface area contributed by atoms with Gasteiger partial charge in [-0.05, 0) is 25.2 Å². The average molecular weight is 240 g/mol. The first-order valence-electron chi connectivity index (χ1n) is 7.02. The molecular weight excluding hydrogens is 212 g/mol. The molecule has 3 nitrogen and oxygen atoms in total. The Morgan fingerprint density at radius 1 is 1.24 bits per heavy atom. The molecule has 0 saturated carbocycles. The van der Waals surface area contributed by atoms with Crippen molar-refractivity contribution in [3.8, 4) is 0 Å². The van der Waals surface area contributed by atoms with E-state index in [9.17, 15) is 4.79 Å². The molecule has 1 aliphatic heterocycles. The monoisotopic (exact) mass is 240 g/mol. The van der Waals surface area contributed by atoms with E-state index in [1.807, 2.05) is 0 Å². The third kappa shape index (κ3) is 2.82. The van der Waals surface area contributed by atoms with Crippen molar-refractivity contribution in [3.05, 3.63) is 0 Å². The van der Waals surface area contributed by atoms with E-state index < -0.39 is 0 Å². The van der Waals surface area contributed by atoms with E-state index in [2.05, 4.69) is 51.8 Å². The van der Waals surface area contributed by atoms with Crippen LogP contribution in [-0.4, -0.2) is 29.1 Å². The van der Waals surface area contributed by atoms with Crippen molar-refractivity contribution >= 4 is 5.91 Å². The van der Waals surface area contributed by atoms with Gasteiger partial charge in [-0.3, -0.25) is 10.1 Å². The first-order valence-corrected chi connectivity index (χ1v) is 7.02. The fraction of sp³-hybridized carbons (Fsp3) is 0.929. The quantitative estimate of drug-likeness (QED) is 0.801. The number of rotatable bonds is 5. The number of carbonyl (C=O) groups is 1. The Bertz CT molecular complexity index is 265. The van der Waals surface area contributed by atoms with Crippen molar-refractivity contribution in [2.45, 2.75) is 72.6 Å². The van der Waals surface area contributed by atoms with Crippen LogP contribution in [0.3, 0.4) is 0 Å². The molecule has 0 aromatic carbocycles. The maximum atomic E-state index is 12.4. The van der Waals surface area contributed by atoms with Crippen molar-refractivity contribution in [3.63, 3.8) is 0 Å². The molecule has 0 aliphatic carbocycles. The maximum absolute atomic E-state index is 12.4. The first-order chi connectivity index (χ1) is 7.93. The SMILES string of the molecule is CCC1NC(C(C)C)N(C(C)C(C)CC)C1=O. The van der Waals surface area contributed by atoms with Crippen LogP contribution in [0.5, 0.6) is 0 Å². The molecule has 100 valence electrons. The minimum atomic E-state index is 0.0221. The lowest BCUT2D eigenvalue weighted by molar-refractivity contribution is -0.133. The van der Waals surface area contributed by atoms with Crippen LogP contribution < -0.4 is 5.32 Å². The molecule has 3 heteroatoms. The molecule has 0 aromatic heterocycles. The topological polar surface area (TPSA) is 32.3 Å². The Hall–Kier alpha value is -0.570. The fourth-order valence-electron chi connectivity index (χ4n) is 2.55. The normalized spacial score (nSPS) is 28.9. The summed E-state index contributed by atoms with van der Waals surface area (Å²) in [6.45, 7) is 13.0. The van der Waals surface area contributed by atoms with Gasteiger partial charge in [0.1, 0.15) is 0 Å². The minimum absolute atomic E-state index is 0.0221. The highest BCUT2D eigenvalue weighted by Crippen LogP contribution is 2.26. The Kier molecular flexibility index (Phi) is 4.99. The van der Waals surface area contributed by atoms with E-state index in [0.29, 0.717) is 23.8 Å². The fourth-order valence-corrected chi connectivity index (χ4v) is 2.55. The Labute approximate surface area is 106 Å². The van der Waals surface area contributed by atoms with Gasteiger partial charge in [-0.1, -0.05) is 41.0 Å². The standard InChI is InChI=1S/C14H28N2O/c1-7-10(5)11(6)16-13(9(3)4)15-12(8-2)14(16)17/h9-13,15H,7-8H2,1-6H3. The zero-order valence-corrected chi connectivity index (χ0v) is 12.2. The van der Waals surface area contributed by atoms with Crippen molar-refractivity contribution in [2.75, 3.05) is 0 Å². The van der Waals surface area contributed by atoms with E-state index in [4.69, 9.17) is 0 Å². The predicted octanol–water partition coefficient (Wildman–Crippen LogP) is 2.61. The van der Waals surface area contributed by atoms with E-state index >= 15 is 0 Å². The van der Waals surface area contributed by atoms with Crippen LogP contribution >= 0.6 is 0 Å². The summed E-state index contributed by atoms with van der Waals surface area (Å²) in [5, 5.41) is 3.48. The second kappa shape index (κ2) is 5.85. The third-order valence-corrected chi connectivity index (χ3v) is 4.17. The van der Waals surface area contributed by atoms with Crippen LogP contribution in [0.2, 0.25) is 0 Å². The summed E-state index contributed by atoms with van der Waals surface area (Å²) in [4.78, 5) is 14.5. The van der Waals surface area contributed by atoms with E-state index in [0.717, 1.165) is 12.8 Å². The van der Waals surface area contributed by atoms with Crippen LogP contribution in [0.1, 0.15) is 54.4 Å². The third-order valence-electron chi connectivity index (χ3n) is 4.17. The van der Waals surface area contributed by atoms with Gasteiger partial charge in [0.2, 0.25) is 5.91 Å². The predicted molar refractivity (Wildman–Crippen MR) is 71.6 cm³/mol. The van der Waals surface area contributed by atoms with Crippen LogP contribution in [0.15, 0.2) is 0 Å².